The van der Waals surface area contributed by atoms with E-state index in [4.69, 9.17) is 0 Å². The first kappa shape index (κ1) is 10.7. The van der Waals surface area contributed by atoms with Crippen molar-refractivity contribution in [3.63, 3.8) is 0 Å². The Morgan fingerprint density at radius 1 is 1.29 bits per heavy atom. The quantitative estimate of drug-likeness (QED) is 0.774. The fraction of sp³-hybridized carbons (Fsp3) is 0.462. The number of fused-ring (bicyclic) bond motifs is 1. The largest absolute Gasteiger partial charge is 0.390 e. The molecule has 2 heterocycles. The second kappa shape index (κ2) is 3.82. The summed E-state index contributed by atoms with van der Waals surface area (Å²) in [7, 11) is 0. The standard InChI is InChI=1S/C13H17N3O/c1-8-3-10-11(4-9(8)2)16(7-15-10)12-5-14-6-13(12)17/h3-4,7,12-14,17H,5-6H2,1-2H3. The number of aromatic nitrogens is 2. The lowest BCUT2D eigenvalue weighted by Gasteiger charge is -2.16. The van der Waals surface area contributed by atoms with E-state index < -0.39 is 0 Å². The summed E-state index contributed by atoms with van der Waals surface area (Å²) >= 11 is 0. The van der Waals surface area contributed by atoms with Crippen LogP contribution in [0.15, 0.2) is 18.5 Å². The van der Waals surface area contributed by atoms with E-state index in [9.17, 15) is 5.11 Å². The molecule has 4 nitrogen and oxygen atoms in total. The molecule has 0 aliphatic carbocycles. The third kappa shape index (κ3) is 1.64. The van der Waals surface area contributed by atoms with Gasteiger partial charge in [-0.15, -0.1) is 0 Å². The van der Waals surface area contributed by atoms with Gasteiger partial charge in [-0.1, -0.05) is 0 Å². The molecule has 90 valence electrons. The Labute approximate surface area is 100 Å². The Bertz CT molecular complexity index is 561. The summed E-state index contributed by atoms with van der Waals surface area (Å²) < 4.78 is 2.09. The van der Waals surface area contributed by atoms with E-state index in [0.29, 0.717) is 6.54 Å². The van der Waals surface area contributed by atoms with Crippen molar-refractivity contribution < 1.29 is 5.11 Å². The van der Waals surface area contributed by atoms with Gasteiger partial charge in [0.2, 0.25) is 0 Å². The zero-order valence-electron chi connectivity index (χ0n) is 10.1. The molecule has 0 spiro atoms. The number of nitrogens with zero attached hydrogens (tertiary/aromatic N) is 2. The van der Waals surface area contributed by atoms with Crippen LogP contribution in [0.5, 0.6) is 0 Å². The molecule has 0 saturated carbocycles. The Kier molecular flexibility index (Phi) is 2.42. The van der Waals surface area contributed by atoms with Crippen molar-refractivity contribution in [2.75, 3.05) is 13.1 Å². The Hall–Kier alpha value is -1.39. The van der Waals surface area contributed by atoms with Gasteiger partial charge in [0.25, 0.3) is 0 Å². The number of hydrogen-bond acceptors (Lipinski definition) is 3. The third-order valence-electron chi connectivity index (χ3n) is 3.70. The van der Waals surface area contributed by atoms with Gasteiger partial charge in [-0.25, -0.2) is 4.98 Å². The lowest BCUT2D eigenvalue weighted by atomic mass is 10.1. The molecule has 1 saturated heterocycles. The first-order valence-electron chi connectivity index (χ1n) is 5.99. The van der Waals surface area contributed by atoms with Crippen LogP contribution in [-0.4, -0.2) is 33.9 Å². The minimum Gasteiger partial charge on any atom is -0.390 e. The summed E-state index contributed by atoms with van der Waals surface area (Å²) in [4.78, 5) is 4.42. The zero-order valence-corrected chi connectivity index (χ0v) is 10.1. The van der Waals surface area contributed by atoms with E-state index in [1.54, 1.807) is 0 Å². The zero-order chi connectivity index (χ0) is 12.0. The van der Waals surface area contributed by atoms with Crippen LogP contribution in [0.1, 0.15) is 17.2 Å². The Morgan fingerprint density at radius 3 is 2.76 bits per heavy atom. The maximum atomic E-state index is 9.93. The lowest BCUT2D eigenvalue weighted by molar-refractivity contribution is 0.153. The summed E-state index contributed by atoms with van der Waals surface area (Å²) in [5, 5.41) is 13.1. The molecule has 0 amide bonds. The number of β-amino-alcohol motifs (C(OH)–C–C–N with tert-alkyl or cyclic N) is 1. The molecule has 4 heteroatoms. The normalized spacial score (nSPS) is 24.6. The van der Waals surface area contributed by atoms with Crippen LogP contribution in [0.25, 0.3) is 11.0 Å². The molecule has 0 bridgehead atoms. The van der Waals surface area contributed by atoms with Gasteiger partial charge in [0.15, 0.2) is 0 Å². The van der Waals surface area contributed by atoms with Gasteiger partial charge in [-0.3, -0.25) is 0 Å². The number of nitrogens with one attached hydrogen (secondary N) is 1. The van der Waals surface area contributed by atoms with Gasteiger partial charge in [-0.05, 0) is 37.1 Å². The molecule has 1 aromatic heterocycles. The summed E-state index contributed by atoms with van der Waals surface area (Å²) in [5.41, 5.74) is 4.64. The number of hydrogen-bond donors (Lipinski definition) is 2. The van der Waals surface area contributed by atoms with Gasteiger partial charge < -0.3 is 15.0 Å². The van der Waals surface area contributed by atoms with E-state index in [1.807, 2.05) is 6.33 Å². The van der Waals surface area contributed by atoms with Crippen molar-refractivity contribution in [3.05, 3.63) is 29.6 Å². The van der Waals surface area contributed by atoms with Gasteiger partial charge >= 0.3 is 0 Å². The number of rotatable bonds is 1. The second-order valence-corrected chi connectivity index (χ2v) is 4.87. The van der Waals surface area contributed by atoms with Crippen LogP contribution >= 0.6 is 0 Å². The molecule has 2 N–H and O–H groups in total. The number of benzene rings is 1. The highest BCUT2D eigenvalue weighted by Crippen LogP contribution is 2.24. The molecule has 1 fully saturated rings. The van der Waals surface area contributed by atoms with Crippen LogP contribution in [0.2, 0.25) is 0 Å². The van der Waals surface area contributed by atoms with Crippen LogP contribution < -0.4 is 5.32 Å². The fourth-order valence-corrected chi connectivity index (χ4v) is 2.48. The van der Waals surface area contributed by atoms with Crippen molar-refractivity contribution >= 4 is 11.0 Å². The molecular weight excluding hydrogens is 214 g/mol. The van der Waals surface area contributed by atoms with Gasteiger partial charge in [-0.2, -0.15) is 0 Å². The SMILES string of the molecule is Cc1cc2ncn(C3CNCC3O)c2cc1C. The van der Waals surface area contributed by atoms with Crippen molar-refractivity contribution in [2.45, 2.75) is 26.0 Å². The number of aryl methyl sites for hydroxylation is 2. The van der Waals surface area contributed by atoms with Gasteiger partial charge in [0.1, 0.15) is 0 Å². The molecule has 2 unspecified atom stereocenters. The Morgan fingerprint density at radius 2 is 2.06 bits per heavy atom. The van der Waals surface area contributed by atoms with Gasteiger partial charge in [0.05, 0.1) is 29.5 Å². The van der Waals surface area contributed by atoms with Gasteiger partial charge in [0, 0.05) is 13.1 Å². The fourth-order valence-electron chi connectivity index (χ4n) is 2.48. The lowest BCUT2D eigenvalue weighted by Crippen LogP contribution is -2.21. The van der Waals surface area contributed by atoms with Crippen molar-refractivity contribution in [1.82, 2.24) is 14.9 Å². The summed E-state index contributed by atoms with van der Waals surface area (Å²) in [6, 6.07) is 4.36. The third-order valence-corrected chi connectivity index (χ3v) is 3.70. The van der Waals surface area contributed by atoms with Crippen LogP contribution in [0, 0.1) is 13.8 Å². The van der Waals surface area contributed by atoms with E-state index in [2.05, 4.69) is 40.8 Å². The second-order valence-electron chi connectivity index (χ2n) is 4.87. The van der Waals surface area contributed by atoms with Crippen LogP contribution in [0.3, 0.4) is 0 Å². The first-order valence-corrected chi connectivity index (χ1v) is 5.99. The highest BCUT2D eigenvalue weighted by atomic mass is 16.3. The van der Waals surface area contributed by atoms with Crippen LogP contribution in [0.4, 0.5) is 0 Å². The maximum Gasteiger partial charge on any atom is 0.0962 e. The van der Waals surface area contributed by atoms with E-state index >= 15 is 0 Å². The minimum atomic E-state index is -0.325. The van der Waals surface area contributed by atoms with E-state index in [1.165, 1.54) is 11.1 Å². The minimum absolute atomic E-state index is 0.0992. The average molecular weight is 231 g/mol. The summed E-state index contributed by atoms with van der Waals surface area (Å²) in [6.45, 7) is 5.67. The van der Waals surface area contributed by atoms with Crippen LogP contribution in [-0.2, 0) is 0 Å². The van der Waals surface area contributed by atoms with Crippen molar-refractivity contribution in [3.8, 4) is 0 Å². The van der Waals surface area contributed by atoms with E-state index in [0.717, 1.165) is 17.6 Å². The molecule has 1 aromatic carbocycles. The molecule has 0 radical (unpaired) electrons. The highest BCUT2D eigenvalue weighted by molar-refractivity contribution is 5.77. The predicted molar refractivity (Wildman–Crippen MR) is 67.1 cm³/mol. The number of imidazole rings is 1. The van der Waals surface area contributed by atoms with E-state index in [-0.39, 0.29) is 12.1 Å². The maximum absolute atomic E-state index is 9.93. The average Bonchev–Trinajstić information content (AvgIpc) is 2.86. The van der Waals surface area contributed by atoms with Crippen molar-refractivity contribution in [2.24, 2.45) is 0 Å². The smallest absolute Gasteiger partial charge is 0.0962 e. The monoisotopic (exact) mass is 231 g/mol. The summed E-state index contributed by atoms with van der Waals surface area (Å²) in [5.74, 6) is 0. The molecule has 1 aliphatic heterocycles. The van der Waals surface area contributed by atoms with Crippen molar-refractivity contribution in [1.29, 1.82) is 0 Å². The highest BCUT2D eigenvalue weighted by Gasteiger charge is 2.27. The molecule has 1 aliphatic rings. The molecule has 2 aromatic rings. The molecule has 2 atom stereocenters. The topological polar surface area (TPSA) is 50.1 Å². The molecule has 17 heavy (non-hydrogen) atoms. The number of aliphatic hydroxyl groups is 1. The summed E-state index contributed by atoms with van der Waals surface area (Å²) in [6.07, 6.45) is 1.51. The Balaban J connectivity index is 2.14. The first-order chi connectivity index (χ1) is 8.16. The molecule has 3 rings (SSSR count). The number of aliphatic hydroxyl groups excluding tert-OH is 1. The predicted octanol–water partition coefficient (Wildman–Crippen LogP) is 1.16. The molecular formula is C13H17N3O.